The molecule has 62 valence electrons. The molecule has 0 saturated carbocycles. The zero-order valence-corrected chi connectivity index (χ0v) is 6.64. The first-order chi connectivity index (χ1) is 4.84. The maximum absolute atomic E-state index is 9.09. The van der Waals surface area contributed by atoms with E-state index in [1.54, 1.807) is 24.3 Å². The monoisotopic (exact) mass is 175 g/mol. The third kappa shape index (κ3) is 2.76. The van der Waals surface area contributed by atoms with E-state index in [0.29, 0.717) is 5.56 Å². The number of benzene rings is 1. The summed E-state index contributed by atoms with van der Waals surface area (Å²) in [5, 5.41) is 17.4. The molecular weight excluding hydrogens is 166 g/mol. The molecular formula is C7H10ClNO2. The van der Waals surface area contributed by atoms with Crippen molar-refractivity contribution < 1.29 is 10.3 Å². The van der Waals surface area contributed by atoms with Gasteiger partial charge in [0.2, 0.25) is 0 Å². The van der Waals surface area contributed by atoms with E-state index in [0.717, 1.165) is 0 Å². The second kappa shape index (κ2) is 4.96. The molecule has 3 nitrogen and oxygen atoms in total. The maximum Gasteiger partial charge on any atom is 0.120 e. The zero-order valence-electron chi connectivity index (χ0n) is 5.82. The Morgan fingerprint density at radius 1 is 1.27 bits per heavy atom. The third-order valence-electron chi connectivity index (χ3n) is 1.26. The Labute approximate surface area is 71.0 Å². The summed E-state index contributed by atoms with van der Waals surface area (Å²) >= 11 is 0. The molecule has 0 aliphatic rings. The lowest BCUT2D eigenvalue weighted by molar-refractivity contribution is 0.160. The summed E-state index contributed by atoms with van der Waals surface area (Å²) in [4.78, 5) is 0. The molecule has 0 saturated heterocycles. The molecule has 0 radical (unpaired) electrons. The predicted octanol–water partition coefficient (Wildman–Crippen LogP) is 1.29. The smallest absolute Gasteiger partial charge is 0.120 e. The standard InChI is InChI=1S/C7H9NO2.ClH/c9-7-4-2-1-3-6(7)5-8-10;/h1-4,8-10H,5H2;1H. The minimum Gasteiger partial charge on any atom is -0.508 e. The Morgan fingerprint density at radius 3 is 2.45 bits per heavy atom. The molecule has 0 aliphatic carbocycles. The van der Waals surface area contributed by atoms with Gasteiger partial charge in [-0.05, 0) is 6.07 Å². The fourth-order valence-corrected chi connectivity index (χ4v) is 0.745. The van der Waals surface area contributed by atoms with Crippen LogP contribution in [0.1, 0.15) is 5.56 Å². The van der Waals surface area contributed by atoms with E-state index in [9.17, 15) is 0 Å². The Bertz CT molecular complexity index is 217. The highest BCUT2D eigenvalue weighted by molar-refractivity contribution is 5.85. The van der Waals surface area contributed by atoms with E-state index in [1.165, 1.54) is 0 Å². The first kappa shape index (κ1) is 10.2. The first-order valence-corrected chi connectivity index (χ1v) is 2.98. The largest absolute Gasteiger partial charge is 0.508 e. The first-order valence-electron chi connectivity index (χ1n) is 2.98. The molecule has 0 aromatic heterocycles. The summed E-state index contributed by atoms with van der Waals surface area (Å²) in [6, 6.07) is 6.84. The highest BCUT2D eigenvalue weighted by Gasteiger charge is 1.95. The molecule has 0 spiro atoms. The number of hydroxylamine groups is 1. The highest BCUT2D eigenvalue weighted by atomic mass is 35.5. The summed E-state index contributed by atoms with van der Waals surface area (Å²) in [5.41, 5.74) is 2.65. The van der Waals surface area contributed by atoms with Gasteiger partial charge in [-0.3, -0.25) is 0 Å². The van der Waals surface area contributed by atoms with Crippen LogP contribution in [0.25, 0.3) is 0 Å². The van der Waals surface area contributed by atoms with Crippen LogP contribution in [0.15, 0.2) is 24.3 Å². The van der Waals surface area contributed by atoms with Crippen LogP contribution in [0.3, 0.4) is 0 Å². The topological polar surface area (TPSA) is 52.5 Å². The molecule has 0 aliphatic heterocycles. The molecule has 1 rings (SSSR count). The van der Waals surface area contributed by atoms with Crippen LogP contribution in [0, 0.1) is 0 Å². The zero-order chi connectivity index (χ0) is 7.40. The number of hydrogen-bond acceptors (Lipinski definition) is 3. The van der Waals surface area contributed by atoms with E-state index in [4.69, 9.17) is 10.3 Å². The van der Waals surface area contributed by atoms with Crippen molar-refractivity contribution in [3.8, 4) is 5.75 Å². The molecule has 0 fully saturated rings. The van der Waals surface area contributed by atoms with Crippen molar-refractivity contribution in [2.75, 3.05) is 0 Å². The van der Waals surface area contributed by atoms with Crippen LogP contribution in [-0.2, 0) is 6.54 Å². The van der Waals surface area contributed by atoms with Gasteiger partial charge in [-0.15, -0.1) is 12.4 Å². The molecule has 0 heterocycles. The number of hydrogen-bond donors (Lipinski definition) is 3. The fraction of sp³-hybridized carbons (Fsp3) is 0.143. The lowest BCUT2D eigenvalue weighted by Gasteiger charge is -2.00. The molecule has 4 heteroatoms. The minimum absolute atomic E-state index is 0. The van der Waals surface area contributed by atoms with Crippen molar-refractivity contribution in [3.63, 3.8) is 0 Å². The number of aromatic hydroxyl groups is 1. The van der Waals surface area contributed by atoms with Gasteiger partial charge >= 0.3 is 0 Å². The second-order valence-corrected chi connectivity index (χ2v) is 1.96. The fourth-order valence-electron chi connectivity index (χ4n) is 0.745. The van der Waals surface area contributed by atoms with E-state index in [2.05, 4.69) is 0 Å². The van der Waals surface area contributed by atoms with Gasteiger partial charge in [0.25, 0.3) is 0 Å². The van der Waals surface area contributed by atoms with Crippen molar-refractivity contribution >= 4 is 12.4 Å². The summed E-state index contributed by atoms with van der Waals surface area (Å²) in [6.07, 6.45) is 0. The van der Waals surface area contributed by atoms with Gasteiger partial charge in [0, 0.05) is 12.1 Å². The van der Waals surface area contributed by atoms with Crippen LogP contribution in [0.5, 0.6) is 5.75 Å². The molecule has 11 heavy (non-hydrogen) atoms. The summed E-state index contributed by atoms with van der Waals surface area (Å²) in [7, 11) is 0. The quantitative estimate of drug-likeness (QED) is 0.594. The number of nitrogens with one attached hydrogen (secondary N) is 1. The third-order valence-corrected chi connectivity index (χ3v) is 1.26. The number of phenolic OH excluding ortho intramolecular Hbond substituents is 1. The van der Waals surface area contributed by atoms with Crippen LogP contribution < -0.4 is 5.48 Å². The Balaban J connectivity index is 0.000001000. The number of phenols is 1. The van der Waals surface area contributed by atoms with Gasteiger partial charge in [-0.25, -0.2) is 5.48 Å². The summed E-state index contributed by atoms with van der Waals surface area (Å²) in [5.74, 6) is 0.198. The molecule has 0 unspecified atom stereocenters. The Hall–Kier alpha value is -0.770. The average molecular weight is 176 g/mol. The van der Waals surface area contributed by atoms with Crippen LogP contribution in [-0.4, -0.2) is 10.3 Å². The van der Waals surface area contributed by atoms with Gasteiger partial charge < -0.3 is 10.3 Å². The molecule has 1 aromatic rings. The Kier molecular flexibility index (Phi) is 4.61. The maximum atomic E-state index is 9.09. The predicted molar refractivity (Wildman–Crippen MR) is 44.0 cm³/mol. The second-order valence-electron chi connectivity index (χ2n) is 1.96. The SMILES string of the molecule is Cl.ONCc1ccccc1O. The van der Waals surface area contributed by atoms with Gasteiger partial charge in [0.1, 0.15) is 5.75 Å². The number of rotatable bonds is 2. The highest BCUT2D eigenvalue weighted by Crippen LogP contribution is 2.14. The summed E-state index contributed by atoms with van der Waals surface area (Å²) < 4.78 is 0. The van der Waals surface area contributed by atoms with Crippen molar-refractivity contribution in [1.29, 1.82) is 0 Å². The average Bonchev–Trinajstić information content (AvgIpc) is 1.94. The van der Waals surface area contributed by atoms with Gasteiger partial charge in [-0.1, -0.05) is 18.2 Å². The van der Waals surface area contributed by atoms with E-state index in [1.807, 2.05) is 5.48 Å². The summed E-state index contributed by atoms with van der Waals surface area (Å²) in [6.45, 7) is 0.271. The molecule has 0 atom stereocenters. The molecule has 0 bridgehead atoms. The Morgan fingerprint density at radius 2 is 1.91 bits per heavy atom. The molecule has 1 aromatic carbocycles. The van der Waals surface area contributed by atoms with E-state index >= 15 is 0 Å². The van der Waals surface area contributed by atoms with Crippen molar-refractivity contribution in [2.45, 2.75) is 6.54 Å². The number of para-hydroxylation sites is 1. The van der Waals surface area contributed by atoms with Crippen molar-refractivity contribution in [1.82, 2.24) is 5.48 Å². The lowest BCUT2D eigenvalue weighted by Crippen LogP contribution is -2.05. The van der Waals surface area contributed by atoms with E-state index < -0.39 is 0 Å². The van der Waals surface area contributed by atoms with E-state index in [-0.39, 0.29) is 24.7 Å². The lowest BCUT2D eigenvalue weighted by atomic mass is 10.2. The number of halogens is 1. The van der Waals surface area contributed by atoms with Crippen LogP contribution in [0.2, 0.25) is 0 Å². The van der Waals surface area contributed by atoms with Crippen LogP contribution >= 0.6 is 12.4 Å². The minimum atomic E-state index is 0. The van der Waals surface area contributed by atoms with Gasteiger partial charge in [0.05, 0.1) is 0 Å². The van der Waals surface area contributed by atoms with Crippen molar-refractivity contribution in [2.24, 2.45) is 0 Å². The van der Waals surface area contributed by atoms with Crippen molar-refractivity contribution in [3.05, 3.63) is 29.8 Å². The molecule has 0 amide bonds. The van der Waals surface area contributed by atoms with Crippen LogP contribution in [0.4, 0.5) is 0 Å². The normalized spacial score (nSPS) is 8.82. The van der Waals surface area contributed by atoms with Gasteiger partial charge in [0.15, 0.2) is 0 Å². The molecule has 3 N–H and O–H groups in total. The van der Waals surface area contributed by atoms with Gasteiger partial charge in [-0.2, -0.15) is 0 Å².